The molecule has 1 N–H and O–H groups in total. The number of anilines is 2. The van der Waals surface area contributed by atoms with E-state index in [1.54, 1.807) is 13.4 Å². The normalized spacial score (nSPS) is 10.8. The topological polar surface area (TPSA) is 36.9 Å². The lowest BCUT2D eigenvalue weighted by molar-refractivity contribution is 0.415. The number of rotatable bonds is 6. The molecule has 2 rings (SSSR count). The second kappa shape index (κ2) is 7.88. The molecule has 0 amide bonds. The highest BCUT2D eigenvalue weighted by atomic mass is 35.5. The summed E-state index contributed by atoms with van der Waals surface area (Å²) in [5.41, 5.74) is 3.74. The fraction of sp³-hybridized carbons (Fsp3) is 0.278. The number of nitrogens with one attached hydrogen (secondary N) is 1. The van der Waals surface area contributed by atoms with E-state index in [4.69, 9.17) is 16.3 Å². The van der Waals surface area contributed by atoms with E-state index in [0.29, 0.717) is 5.02 Å². The summed E-state index contributed by atoms with van der Waals surface area (Å²) in [6.07, 6.45) is 1.79. The van der Waals surface area contributed by atoms with Crippen molar-refractivity contribution in [2.24, 2.45) is 4.99 Å². The van der Waals surface area contributed by atoms with Crippen LogP contribution < -0.4 is 10.1 Å². The maximum absolute atomic E-state index is 6.36. The predicted molar refractivity (Wildman–Crippen MR) is 98.9 cm³/mol. The zero-order chi connectivity index (χ0) is 16.8. The van der Waals surface area contributed by atoms with Crippen molar-refractivity contribution in [3.05, 3.63) is 47.0 Å². The molecule has 2 aromatic carbocycles. The van der Waals surface area contributed by atoms with Crippen molar-refractivity contribution in [3.8, 4) is 5.75 Å². The Bertz CT molecular complexity index is 701. The van der Waals surface area contributed by atoms with Gasteiger partial charge >= 0.3 is 0 Å². The maximum Gasteiger partial charge on any atom is 0.120 e. The lowest BCUT2D eigenvalue weighted by Gasteiger charge is -2.13. The lowest BCUT2D eigenvalue weighted by atomic mass is 10.1. The van der Waals surface area contributed by atoms with Crippen molar-refractivity contribution in [2.75, 3.05) is 26.0 Å². The fourth-order valence-electron chi connectivity index (χ4n) is 2.00. The minimum absolute atomic E-state index is 0.613. The number of hydrogen-bond donors (Lipinski definition) is 1. The Morgan fingerprint density at radius 3 is 2.78 bits per heavy atom. The summed E-state index contributed by atoms with van der Waals surface area (Å²) in [5.74, 6) is 0.808. The van der Waals surface area contributed by atoms with Crippen LogP contribution in [-0.2, 0) is 0 Å². The molecule has 0 aromatic heterocycles. The van der Waals surface area contributed by atoms with Crippen molar-refractivity contribution in [1.82, 2.24) is 4.90 Å². The Hall–Kier alpha value is -2.20. The van der Waals surface area contributed by atoms with E-state index < -0.39 is 0 Å². The smallest absolute Gasteiger partial charge is 0.120 e. The second-order valence-electron chi connectivity index (χ2n) is 5.29. The van der Waals surface area contributed by atoms with Gasteiger partial charge in [-0.3, -0.25) is 0 Å². The predicted octanol–water partition coefficient (Wildman–Crippen LogP) is 5.01. The third kappa shape index (κ3) is 4.63. The lowest BCUT2D eigenvalue weighted by Crippen LogP contribution is -2.14. The molecule has 5 heteroatoms. The number of halogens is 1. The van der Waals surface area contributed by atoms with Crippen molar-refractivity contribution in [3.63, 3.8) is 0 Å². The van der Waals surface area contributed by atoms with Crippen LogP contribution in [-0.4, -0.2) is 31.9 Å². The van der Waals surface area contributed by atoms with Crippen molar-refractivity contribution in [2.45, 2.75) is 13.8 Å². The first-order valence-corrected chi connectivity index (χ1v) is 7.87. The van der Waals surface area contributed by atoms with Crippen LogP contribution in [0.5, 0.6) is 5.75 Å². The first-order valence-electron chi connectivity index (χ1n) is 7.49. The highest BCUT2D eigenvalue weighted by Crippen LogP contribution is 2.33. The van der Waals surface area contributed by atoms with Gasteiger partial charge in [0.25, 0.3) is 0 Å². The first kappa shape index (κ1) is 17.2. The summed E-state index contributed by atoms with van der Waals surface area (Å²) in [7, 11) is 3.63. The average Bonchev–Trinajstić information content (AvgIpc) is 2.56. The Labute approximate surface area is 142 Å². The highest BCUT2D eigenvalue weighted by molar-refractivity contribution is 6.33. The largest absolute Gasteiger partial charge is 0.497 e. The molecule has 4 nitrogen and oxygen atoms in total. The molecule has 0 spiro atoms. The first-order chi connectivity index (χ1) is 11.0. The molecule has 0 aliphatic heterocycles. The highest BCUT2D eigenvalue weighted by Gasteiger charge is 2.06. The molecule has 0 fully saturated rings. The van der Waals surface area contributed by atoms with E-state index in [2.05, 4.69) is 17.2 Å². The summed E-state index contributed by atoms with van der Waals surface area (Å²) in [5, 5.41) is 3.98. The molecule has 0 unspecified atom stereocenters. The molecule has 0 heterocycles. The molecular weight excluding hydrogens is 310 g/mol. The van der Waals surface area contributed by atoms with Gasteiger partial charge in [-0.25, -0.2) is 4.99 Å². The molecule has 0 aliphatic carbocycles. The Kier molecular flexibility index (Phi) is 5.88. The average molecular weight is 332 g/mol. The molecule has 2 aromatic rings. The quantitative estimate of drug-likeness (QED) is 0.597. The summed E-state index contributed by atoms with van der Waals surface area (Å²) in [4.78, 5) is 6.43. The van der Waals surface area contributed by atoms with Gasteiger partial charge < -0.3 is 15.0 Å². The van der Waals surface area contributed by atoms with E-state index in [-0.39, 0.29) is 0 Å². The van der Waals surface area contributed by atoms with Crippen molar-refractivity contribution in [1.29, 1.82) is 0 Å². The minimum atomic E-state index is 0.613. The third-order valence-electron chi connectivity index (χ3n) is 3.54. The van der Waals surface area contributed by atoms with Gasteiger partial charge in [0, 0.05) is 31.0 Å². The van der Waals surface area contributed by atoms with Gasteiger partial charge in [-0.15, -0.1) is 0 Å². The van der Waals surface area contributed by atoms with Gasteiger partial charge in [-0.2, -0.15) is 0 Å². The number of benzene rings is 2. The Morgan fingerprint density at radius 2 is 2.09 bits per heavy atom. The van der Waals surface area contributed by atoms with E-state index in [0.717, 1.165) is 34.9 Å². The van der Waals surface area contributed by atoms with Crippen LogP contribution in [0.3, 0.4) is 0 Å². The SMILES string of the molecule is CCN(C)C=Nc1cc(C)c(Nc2cccc(OC)c2)cc1Cl. The molecular formula is C18H22ClN3O. The van der Waals surface area contributed by atoms with Gasteiger partial charge in [0.15, 0.2) is 0 Å². The zero-order valence-corrected chi connectivity index (χ0v) is 14.7. The minimum Gasteiger partial charge on any atom is -0.497 e. The summed E-state index contributed by atoms with van der Waals surface area (Å²) < 4.78 is 5.24. The van der Waals surface area contributed by atoms with Gasteiger partial charge in [0.05, 0.1) is 24.2 Å². The summed E-state index contributed by atoms with van der Waals surface area (Å²) >= 11 is 6.36. The van der Waals surface area contributed by atoms with Gasteiger partial charge in [-0.1, -0.05) is 17.7 Å². The molecule has 0 radical (unpaired) electrons. The van der Waals surface area contributed by atoms with Gasteiger partial charge in [0.2, 0.25) is 0 Å². The van der Waals surface area contributed by atoms with Crippen LogP contribution in [0, 0.1) is 6.92 Å². The maximum atomic E-state index is 6.36. The van der Waals surface area contributed by atoms with Crippen LogP contribution >= 0.6 is 11.6 Å². The number of ether oxygens (including phenoxy) is 1. The van der Waals surface area contributed by atoms with E-state index in [9.17, 15) is 0 Å². The Balaban J connectivity index is 2.24. The summed E-state index contributed by atoms with van der Waals surface area (Å²) in [6, 6.07) is 11.7. The molecule has 0 saturated heterocycles. The van der Waals surface area contributed by atoms with E-state index >= 15 is 0 Å². The molecule has 122 valence electrons. The molecule has 0 saturated carbocycles. The molecule has 23 heavy (non-hydrogen) atoms. The molecule has 0 bridgehead atoms. The van der Waals surface area contributed by atoms with E-state index in [1.165, 1.54) is 0 Å². The van der Waals surface area contributed by atoms with E-state index in [1.807, 2.05) is 55.3 Å². The zero-order valence-electron chi connectivity index (χ0n) is 13.9. The van der Waals surface area contributed by atoms with Crippen molar-refractivity contribution < 1.29 is 4.74 Å². The monoisotopic (exact) mass is 331 g/mol. The van der Waals surface area contributed by atoms with Crippen LogP contribution in [0.2, 0.25) is 5.02 Å². The number of hydrogen-bond acceptors (Lipinski definition) is 3. The Morgan fingerprint density at radius 1 is 1.30 bits per heavy atom. The number of nitrogens with zero attached hydrogens (tertiary/aromatic N) is 2. The molecule has 0 aliphatic rings. The standard InChI is InChI=1S/C18H22ClN3O/c1-5-22(3)12-20-18-9-13(2)17(11-16(18)19)21-14-7-6-8-15(10-14)23-4/h6-12,21H,5H2,1-4H3. The third-order valence-corrected chi connectivity index (χ3v) is 3.84. The summed E-state index contributed by atoms with van der Waals surface area (Å²) in [6.45, 7) is 5.00. The molecule has 0 atom stereocenters. The van der Waals surface area contributed by atoms with Crippen LogP contribution in [0.4, 0.5) is 17.1 Å². The van der Waals surface area contributed by atoms with Crippen LogP contribution in [0.15, 0.2) is 41.4 Å². The second-order valence-corrected chi connectivity index (χ2v) is 5.70. The van der Waals surface area contributed by atoms with Crippen LogP contribution in [0.25, 0.3) is 0 Å². The number of aryl methyl sites for hydroxylation is 1. The fourth-order valence-corrected chi connectivity index (χ4v) is 2.21. The van der Waals surface area contributed by atoms with Gasteiger partial charge in [0.1, 0.15) is 5.75 Å². The number of aliphatic imine (C=N–C) groups is 1. The van der Waals surface area contributed by atoms with Gasteiger partial charge in [-0.05, 0) is 43.7 Å². The van der Waals surface area contributed by atoms with Crippen LogP contribution in [0.1, 0.15) is 12.5 Å². The number of methoxy groups -OCH3 is 1. The van der Waals surface area contributed by atoms with Crippen molar-refractivity contribution >= 4 is 35.0 Å².